The van der Waals surface area contributed by atoms with Gasteiger partial charge in [0.15, 0.2) is 0 Å². The minimum absolute atomic E-state index is 0.0579. The maximum absolute atomic E-state index is 11.8. The van der Waals surface area contributed by atoms with Gasteiger partial charge in [0.1, 0.15) is 0 Å². The van der Waals surface area contributed by atoms with E-state index in [9.17, 15) is 14.4 Å². The molecule has 2 N–H and O–H groups in total. The van der Waals surface area contributed by atoms with Crippen molar-refractivity contribution in [1.82, 2.24) is 5.32 Å². The number of hydrogen-bond donors (Lipinski definition) is 2. The summed E-state index contributed by atoms with van der Waals surface area (Å²) in [5, 5.41) is 12.1. The first-order valence-electron chi connectivity index (χ1n) is 7.93. The number of alkyl carbamates (subject to hydrolysis) is 1. The average molecular weight is 372 g/mol. The summed E-state index contributed by atoms with van der Waals surface area (Å²) in [6.45, 7) is 3.32. The summed E-state index contributed by atoms with van der Waals surface area (Å²) in [6.07, 6.45) is -1.10. The van der Waals surface area contributed by atoms with Crippen molar-refractivity contribution in [2.75, 3.05) is 6.54 Å². The minimum atomic E-state index is -1.02. The number of hydrogen-bond acceptors (Lipinski definition) is 5. The van der Waals surface area contributed by atoms with Gasteiger partial charge in [-0.3, -0.25) is 9.59 Å². The molecule has 0 fully saturated rings. The van der Waals surface area contributed by atoms with Gasteiger partial charge in [-0.05, 0) is 24.1 Å². The van der Waals surface area contributed by atoms with Crippen LogP contribution in [-0.2, 0) is 19.1 Å². The average Bonchev–Trinajstić information content (AvgIpc) is 2.52. The number of nitrogens with one attached hydrogen (secondary N) is 1. The number of carbonyl (C=O) groups excluding carboxylic acids is 2. The zero-order valence-electron chi connectivity index (χ0n) is 14.2. The maximum Gasteiger partial charge on any atom is 0.410 e. The van der Waals surface area contributed by atoms with Crippen LogP contribution in [0.25, 0.3) is 0 Å². The van der Waals surface area contributed by atoms with Crippen molar-refractivity contribution in [3.63, 3.8) is 0 Å². The number of carboxylic acids is 1. The smallest absolute Gasteiger partial charge is 0.410 e. The topological polar surface area (TPSA) is 102 Å². The third-order valence-corrected chi connectivity index (χ3v) is 3.53. The van der Waals surface area contributed by atoms with E-state index in [0.717, 1.165) is 5.56 Å². The molecule has 25 heavy (non-hydrogen) atoms. The second-order valence-electron chi connectivity index (χ2n) is 5.44. The van der Waals surface area contributed by atoms with Crippen LogP contribution in [0.3, 0.4) is 0 Å². The molecule has 1 unspecified atom stereocenters. The first-order chi connectivity index (χ1) is 11.8. The number of carbonyl (C=O) groups is 3. The molecule has 1 aromatic rings. The van der Waals surface area contributed by atoms with Crippen LogP contribution in [0.1, 0.15) is 44.6 Å². The summed E-state index contributed by atoms with van der Waals surface area (Å²) in [5.74, 6) is -1.88. The second kappa shape index (κ2) is 10.6. The molecule has 0 saturated carbocycles. The summed E-state index contributed by atoms with van der Waals surface area (Å²) in [6, 6.07) is 6.72. The molecule has 138 valence electrons. The van der Waals surface area contributed by atoms with Gasteiger partial charge >= 0.3 is 18.0 Å². The van der Waals surface area contributed by atoms with E-state index in [4.69, 9.17) is 26.2 Å². The van der Waals surface area contributed by atoms with Gasteiger partial charge in [-0.1, -0.05) is 30.7 Å². The molecular weight excluding hydrogens is 350 g/mol. The van der Waals surface area contributed by atoms with Gasteiger partial charge in [-0.2, -0.15) is 0 Å². The van der Waals surface area contributed by atoms with E-state index in [1.807, 2.05) is 6.92 Å². The number of esters is 1. The largest absolute Gasteiger partial charge is 0.481 e. The molecule has 1 aromatic carbocycles. The summed E-state index contributed by atoms with van der Waals surface area (Å²) in [7, 11) is 0. The van der Waals surface area contributed by atoms with Crippen LogP contribution in [0.5, 0.6) is 0 Å². The molecule has 1 amide bonds. The summed E-state index contributed by atoms with van der Waals surface area (Å²) in [4.78, 5) is 34.1. The molecular formula is C17H22ClNO6. The Hall–Kier alpha value is -2.28. The van der Waals surface area contributed by atoms with Crippen molar-refractivity contribution in [2.45, 2.75) is 45.3 Å². The van der Waals surface area contributed by atoms with E-state index in [1.54, 1.807) is 24.3 Å². The highest BCUT2D eigenvalue weighted by atomic mass is 35.5. The molecule has 2 atom stereocenters. The molecule has 0 aliphatic rings. The van der Waals surface area contributed by atoms with E-state index in [1.165, 1.54) is 6.92 Å². The molecule has 1 rings (SSSR count). The van der Waals surface area contributed by atoms with Crippen LogP contribution in [0.15, 0.2) is 24.3 Å². The van der Waals surface area contributed by atoms with E-state index in [-0.39, 0.29) is 19.4 Å². The van der Waals surface area contributed by atoms with Crippen LogP contribution >= 0.6 is 11.6 Å². The Bertz CT molecular complexity index is 589. The van der Waals surface area contributed by atoms with Crippen molar-refractivity contribution in [3.8, 4) is 0 Å². The molecule has 8 heteroatoms. The molecule has 0 aliphatic heterocycles. The lowest BCUT2D eigenvalue weighted by Gasteiger charge is -2.18. The van der Waals surface area contributed by atoms with Crippen molar-refractivity contribution >= 4 is 29.6 Å². The fourth-order valence-electron chi connectivity index (χ4n) is 2.12. The van der Waals surface area contributed by atoms with E-state index < -0.39 is 30.2 Å². The van der Waals surface area contributed by atoms with Gasteiger partial charge in [0.05, 0.1) is 6.42 Å². The Labute approximate surface area is 151 Å². The number of ether oxygens (including phenoxy) is 2. The molecule has 0 bridgehead atoms. The van der Waals surface area contributed by atoms with Crippen LogP contribution in [0.4, 0.5) is 4.79 Å². The number of carboxylic acid groups (broad SMARTS) is 1. The number of amides is 1. The zero-order valence-corrected chi connectivity index (χ0v) is 14.9. The highest BCUT2D eigenvalue weighted by Gasteiger charge is 2.19. The highest BCUT2D eigenvalue weighted by Crippen LogP contribution is 2.21. The fraction of sp³-hybridized carbons (Fsp3) is 0.471. The molecule has 0 radical (unpaired) electrons. The molecule has 0 aromatic heterocycles. The maximum atomic E-state index is 11.8. The summed E-state index contributed by atoms with van der Waals surface area (Å²) >= 11 is 5.82. The molecule has 7 nitrogen and oxygen atoms in total. The van der Waals surface area contributed by atoms with Gasteiger partial charge in [0.2, 0.25) is 6.29 Å². The lowest BCUT2D eigenvalue weighted by atomic mass is 9.96. The number of aliphatic carboxylic acids is 1. The zero-order chi connectivity index (χ0) is 18.8. The Balaban J connectivity index is 2.55. The summed E-state index contributed by atoms with van der Waals surface area (Å²) < 4.78 is 9.82. The van der Waals surface area contributed by atoms with Gasteiger partial charge in [-0.25, -0.2) is 4.79 Å². The second-order valence-corrected chi connectivity index (χ2v) is 5.88. The third-order valence-electron chi connectivity index (χ3n) is 3.28. The Morgan fingerprint density at radius 1 is 1.20 bits per heavy atom. The minimum Gasteiger partial charge on any atom is -0.481 e. The monoisotopic (exact) mass is 371 g/mol. The van der Waals surface area contributed by atoms with Crippen molar-refractivity contribution < 1.29 is 29.0 Å². The predicted molar refractivity (Wildman–Crippen MR) is 91.4 cm³/mol. The number of rotatable bonds is 9. The van der Waals surface area contributed by atoms with Crippen molar-refractivity contribution in [3.05, 3.63) is 34.9 Å². The Kier molecular flexibility index (Phi) is 8.77. The van der Waals surface area contributed by atoms with E-state index in [2.05, 4.69) is 5.32 Å². The third kappa shape index (κ3) is 8.39. The Morgan fingerprint density at radius 3 is 2.40 bits per heavy atom. The van der Waals surface area contributed by atoms with E-state index >= 15 is 0 Å². The van der Waals surface area contributed by atoms with Gasteiger partial charge in [0.25, 0.3) is 0 Å². The van der Waals surface area contributed by atoms with E-state index in [0.29, 0.717) is 11.4 Å². The van der Waals surface area contributed by atoms with Crippen LogP contribution in [0.2, 0.25) is 5.02 Å². The van der Waals surface area contributed by atoms with Crippen LogP contribution in [-0.4, -0.2) is 36.0 Å². The molecule has 0 heterocycles. The van der Waals surface area contributed by atoms with Gasteiger partial charge < -0.3 is 19.9 Å². The first kappa shape index (κ1) is 20.8. The lowest BCUT2D eigenvalue weighted by Crippen LogP contribution is -2.33. The normalized spacial score (nSPS) is 12.8. The van der Waals surface area contributed by atoms with Crippen molar-refractivity contribution in [1.29, 1.82) is 0 Å². The molecule has 0 saturated heterocycles. The Morgan fingerprint density at radius 2 is 1.84 bits per heavy atom. The molecule has 0 spiro atoms. The standard InChI is InChI=1S/C17H22ClNO6/c1-3-4-16(22)24-11(2)25-17(23)19-10-13(9-15(20)21)12-5-7-14(18)8-6-12/h5-8,11,13H,3-4,9-10H2,1-2H3,(H,19,23)(H,20,21)/t11?,13-/m0/s1. The van der Waals surface area contributed by atoms with Gasteiger partial charge in [-0.15, -0.1) is 0 Å². The summed E-state index contributed by atoms with van der Waals surface area (Å²) in [5.41, 5.74) is 0.731. The quantitative estimate of drug-likeness (QED) is 0.510. The van der Waals surface area contributed by atoms with Crippen LogP contribution < -0.4 is 5.32 Å². The van der Waals surface area contributed by atoms with Crippen LogP contribution in [0, 0.1) is 0 Å². The lowest BCUT2D eigenvalue weighted by molar-refractivity contribution is -0.164. The van der Waals surface area contributed by atoms with Gasteiger partial charge in [0, 0.05) is 30.8 Å². The first-order valence-corrected chi connectivity index (χ1v) is 8.30. The number of halogens is 1. The number of benzene rings is 1. The highest BCUT2D eigenvalue weighted by molar-refractivity contribution is 6.30. The predicted octanol–water partition coefficient (Wildman–Crippen LogP) is 3.31. The fourth-order valence-corrected chi connectivity index (χ4v) is 2.25. The SMILES string of the molecule is CCCC(=O)OC(C)OC(=O)NC[C@H](CC(=O)O)c1ccc(Cl)cc1. The molecule has 0 aliphatic carbocycles. The van der Waals surface area contributed by atoms with Crippen molar-refractivity contribution in [2.24, 2.45) is 0 Å².